The molecule has 1 aromatic carbocycles. The maximum absolute atomic E-state index is 11.5. The Kier molecular flexibility index (Phi) is 5.59. The van der Waals surface area contributed by atoms with Crippen LogP contribution in [0.1, 0.15) is 12.5 Å². The molecule has 0 saturated carbocycles. The van der Waals surface area contributed by atoms with Crippen molar-refractivity contribution in [1.82, 2.24) is 10.6 Å². The van der Waals surface area contributed by atoms with Crippen molar-refractivity contribution < 1.29 is 19.8 Å². The smallest absolute Gasteiger partial charge is 0.328 e. The highest BCUT2D eigenvalue weighted by Crippen LogP contribution is 2.14. The lowest BCUT2D eigenvalue weighted by molar-refractivity contribution is -0.141. The van der Waals surface area contributed by atoms with Gasteiger partial charge in [0.15, 0.2) is 6.04 Å². The Morgan fingerprint density at radius 3 is 2.53 bits per heavy atom. The van der Waals surface area contributed by atoms with Gasteiger partial charge in [-0.15, -0.1) is 0 Å². The Morgan fingerprint density at radius 1 is 1.37 bits per heavy atom. The number of aliphatic carboxylic acids is 1. The van der Waals surface area contributed by atoms with Crippen LogP contribution in [-0.4, -0.2) is 34.4 Å². The van der Waals surface area contributed by atoms with Gasteiger partial charge < -0.3 is 20.8 Å². The van der Waals surface area contributed by atoms with Gasteiger partial charge in [0.25, 0.3) is 0 Å². The average Bonchev–Trinajstić information content (AvgIpc) is 2.34. The summed E-state index contributed by atoms with van der Waals surface area (Å²) in [6.07, 6.45) is -1.19. The molecule has 0 spiro atoms. The summed E-state index contributed by atoms with van der Waals surface area (Å²) >= 11 is 5.91. The summed E-state index contributed by atoms with van der Waals surface area (Å²) in [4.78, 5) is 22.3. The molecule has 1 aromatic rings. The van der Waals surface area contributed by atoms with Crippen LogP contribution in [0.4, 0.5) is 4.79 Å². The predicted octanol–water partition coefficient (Wildman–Crippen LogP) is 0.973. The van der Waals surface area contributed by atoms with Gasteiger partial charge in [0.2, 0.25) is 0 Å². The summed E-state index contributed by atoms with van der Waals surface area (Å²) < 4.78 is 0. The van der Waals surface area contributed by atoms with Crippen LogP contribution in [0.5, 0.6) is 0 Å². The van der Waals surface area contributed by atoms with E-state index in [1.54, 1.807) is 24.3 Å². The molecule has 7 heteroatoms. The van der Waals surface area contributed by atoms with E-state index in [1.807, 2.05) is 0 Å². The van der Waals surface area contributed by atoms with E-state index in [0.29, 0.717) is 10.6 Å². The number of benzene rings is 1. The number of carboxylic acid groups (broad SMARTS) is 1. The fourth-order valence-corrected chi connectivity index (χ4v) is 1.60. The van der Waals surface area contributed by atoms with Gasteiger partial charge in [-0.2, -0.15) is 0 Å². The van der Waals surface area contributed by atoms with Gasteiger partial charge >= 0.3 is 12.0 Å². The molecule has 2 atom stereocenters. The Balaban J connectivity index is 2.52. The molecule has 19 heavy (non-hydrogen) atoms. The first kappa shape index (κ1) is 15.3. The number of carbonyl (C=O) groups excluding carboxylic acids is 1. The van der Waals surface area contributed by atoms with E-state index in [1.165, 1.54) is 6.92 Å². The summed E-state index contributed by atoms with van der Waals surface area (Å²) in [5, 5.41) is 23.2. The van der Waals surface area contributed by atoms with Crippen molar-refractivity contribution >= 4 is 23.6 Å². The number of rotatable bonds is 5. The Labute approximate surface area is 115 Å². The van der Waals surface area contributed by atoms with Crippen LogP contribution in [0, 0.1) is 0 Å². The minimum absolute atomic E-state index is 0.164. The van der Waals surface area contributed by atoms with Crippen molar-refractivity contribution in [2.45, 2.75) is 25.6 Å². The largest absolute Gasteiger partial charge is 0.480 e. The maximum Gasteiger partial charge on any atom is 0.328 e. The Bertz CT molecular complexity index is 465. The molecule has 0 saturated heterocycles. The molecule has 1 rings (SSSR count). The first-order valence-corrected chi connectivity index (χ1v) is 5.98. The molecule has 0 aliphatic rings. The van der Waals surface area contributed by atoms with Gasteiger partial charge in [0, 0.05) is 11.6 Å². The third-order valence-corrected chi connectivity index (χ3v) is 2.80. The lowest BCUT2D eigenvalue weighted by Crippen LogP contribution is -2.50. The number of urea groups is 1. The minimum Gasteiger partial charge on any atom is -0.480 e. The number of halogens is 1. The quantitative estimate of drug-likeness (QED) is 0.648. The van der Waals surface area contributed by atoms with E-state index in [0.717, 1.165) is 0 Å². The standard InChI is InChI=1S/C12H15ClN2O4/c1-7(16)10(11(17)18)15-12(19)14-6-8-4-2-3-5-9(8)13/h2-5,7,10,16H,6H2,1H3,(H,17,18)(H2,14,15,19). The van der Waals surface area contributed by atoms with Gasteiger partial charge in [-0.25, -0.2) is 9.59 Å². The number of aliphatic hydroxyl groups excluding tert-OH is 1. The number of aliphatic hydroxyl groups is 1. The number of amides is 2. The molecule has 0 bridgehead atoms. The summed E-state index contributed by atoms with van der Waals surface area (Å²) in [6.45, 7) is 1.45. The van der Waals surface area contributed by atoms with Crippen LogP contribution >= 0.6 is 11.6 Å². The topological polar surface area (TPSA) is 98.7 Å². The maximum atomic E-state index is 11.5. The van der Waals surface area contributed by atoms with Crippen LogP contribution in [0.2, 0.25) is 5.02 Å². The predicted molar refractivity (Wildman–Crippen MR) is 69.9 cm³/mol. The molecule has 6 nitrogen and oxygen atoms in total. The molecular weight excluding hydrogens is 272 g/mol. The van der Waals surface area contributed by atoms with Crippen LogP contribution in [0.3, 0.4) is 0 Å². The number of hydrogen-bond donors (Lipinski definition) is 4. The molecule has 0 aliphatic carbocycles. The zero-order chi connectivity index (χ0) is 14.4. The number of nitrogens with one attached hydrogen (secondary N) is 2. The zero-order valence-electron chi connectivity index (χ0n) is 10.3. The monoisotopic (exact) mass is 286 g/mol. The molecule has 0 aliphatic heterocycles. The van der Waals surface area contributed by atoms with Gasteiger partial charge in [0.1, 0.15) is 0 Å². The fraction of sp³-hybridized carbons (Fsp3) is 0.333. The third kappa shape index (κ3) is 4.76. The van der Waals surface area contributed by atoms with E-state index in [-0.39, 0.29) is 6.54 Å². The van der Waals surface area contributed by atoms with Crippen LogP contribution in [0.15, 0.2) is 24.3 Å². The SMILES string of the molecule is CC(O)C(NC(=O)NCc1ccccc1Cl)C(=O)O. The van der Waals surface area contributed by atoms with Crippen molar-refractivity contribution in [2.75, 3.05) is 0 Å². The summed E-state index contributed by atoms with van der Waals surface area (Å²) in [5.41, 5.74) is 0.711. The average molecular weight is 287 g/mol. The molecule has 0 radical (unpaired) electrons. The molecule has 0 heterocycles. The molecule has 4 N–H and O–H groups in total. The fourth-order valence-electron chi connectivity index (χ4n) is 1.40. The molecule has 2 amide bonds. The number of hydrogen-bond acceptors (Lipinski definition) is 3. The van der Waals surface area contributed by atoms with E-state index < -0.39 is 24.1 Å². The van der Waals surface area contributed by atoms with Crippen molar-refractivity contribution in [3.63, 3.8) is 0 Å². The zero-order valence-corrected chi connectivity index (χ0v) is 11.0. The highest BCUT2D eigenvalue weighted by atomic mass is 35.5. The summed E-state index contributed by atoms with van der Waals surface area (Å²) in [6, 6.07) is 4.92. The molecule has 0 fully saturated rings. The summed E-state index contributed by atoms with van der Waals surface area (Å²) in [7, 11) is 0. The van der Waals surface area contributed by atoms with E-state index in [2.05, 4.69) is 10.6 Å². The molecule has 2 unspecified atom stereocenters. The van der Waals surface area contributed by atoms with Gasteiger partial charge in [0.05, 0.1) is 6.10 Å². The summed E-state index contributed by atoms with van der Waals surface area (Å²) in [5.74, 6) is -1.30. The second-order valence-corrected chi connectivity index (χ2v) is 4.38. The van der Waals surface area contributed by atoms with Gasteiger partial charge in [-0.05, 0) is 18.6 Å². The third-order valence-electron chi connectivity index (χ3n) is 2.43. The van der Waals surface area contributed by atoms with Crippen molar-refractivity contribution in [3.05, 3.63) is 34.9 Å². The van der Waals surface area contributed by atoms with E-state index in [9.17, 15) is 14.7 Å². The molecular formula is C12H15ClN2O4. The normalized spacial score (nSPS) is 13.4. The lowest BCUT2D eigenvalue weighted by atomic mass is 10.2. The van der Waals surface area contributed by atoms with Crippen molar-refractivity contribution in [1.29, 1.82) is 0 Å². The highest BCUT2D eigenvalue weighted by Gasteiger charge is 2.24. The van der Waals surface area contributed by atoms with Crippen LogP contribution in [-0.2, 0) is 11.3 Å². The van der Waals surface area contributed by atoms with Crippen molar-refractivity contribution in [2.24, 2.45) is 0 Å². The van der Waals surface area contributed by atoms with E-state index in [4.69, 9.17) is 16.7 Å². The van der Waals surface area contributed by atoms with E-state index >= 15 is 0 Å². The molecule has 104 valence electrons. The number of carbonyl (C=O) groups is 2. The van der Waals surface area contributed by atoms with Gasteiger partial charge in [-0.3, -0.25) is 0 Å². The Morgan fingerprint density at radius 2 is 2.00 bits per heavy atom. The molecule has 0 aromatic heterocycles. The lowest BCUT2D eigenvalue weighted by Gasteiger charge is -2.17. The van der Waals surface area contributed by atoms with Gasteiger partial charge in [-0.1, -0.05) is 29.8 Å². The Hall–Kier alpha value is -1.79. The van der Waals surface area contributed by atoms with Crippen molar-refractivity contribution in [3.8, 4) is 0 Å². The second-order valence-electron chi connectivity index (χ2n) is 3.97. The number of carboxylic acids is 1. The first-order valence-electron chi connectivity index (χ1n) is 5.60. The first-order chi connectivity index (χ1) is 8.91. The van der Waals surface area contributed by atoms with Crippen LogP contribution < -0.4 is 10.6 Å². The second kappa shape index (κ2) is 6.96. The highest BCUT2D eigenvalue weighted by molar-refractivity contribution is 6.31. The van der Waals surface area contributed by atoms with Crippen LogP contribution in [0.25, 0.3) is 0 Å². The minimum atomic E-state index is -1.36.